The summed E-state index contributed by atoms with van der Waals surface area (Å²) in [6.45, 7) is 7.72. The van der Waals surface area contributed by atoms with Gasteiger partial charge in [-0.3, -0.25) is 0 Å². The normalized spacial score (nSPS) is 28.8. The van der Waals surface area contributed by atoms with Crippen LogP contribution in [0.1, 0.15) is 33.1 Å². The first kappa shape index (κ1) is 10.0. The van der Waals surface area contributed by atoms with Gasteiger partial charge in [0.15, 0.2) is 0 Å². The molecule has 1 fully saturated rings. The van der Waals surface area contributed by atoms with Crippen molar-refractivity contribution >= 4 is 0 Å². The fourth-order valence-corrected chi connectivity index (χ4v) is 1.86. The van der Waals surface area contributed by atoms with Gasteiger partial charge in [-0.05, 0) is 38.6 Å². The van der Waals surface area contributed by atoms with E-state index < -0.39 is 0 Å². The Bertz CT molecular complexity index is 125. The van der Waals surface area contributed by atoms with Crippen LogP contribution in [0.25, 0.3) is 0 Å². The van der Waals surface area contributed by atoms with E-state index in [9.17, 15) is 0 Å². The molecular formula is C10H21NO. The van der Waals surface area contributed by atoms with Crippen LogP contribution < -0.4 is 0 Å². The van der Waals surface area contributed by atoms with Gasteiger partial charge in [-0.15, -0.1) is 0 Å². The Hall–Kier alpha value is -0.0800. The highest BCUT2D eigenvalue weighted by atomic mass is 16.3. The third-order valence-electron chi connectivity index (χ3n) is 2.60. The van der Waals surface area contributed by atoms with Gasteiger partial charge >= 0.3 is 0 Å². The predicted molar refractivity (Wildman–Crippen MR) is 51.1 cm³/mol. The molecule has 0 aliphatic carbocycles. The molecule has 1 N–H and O–H groups in total. The molecule has 0 bridgehead atoms. The van der Waals surface area contributed by atoms with Gasteiger partial charge in [-0.2, -0.15) is 0 Å². The summed E-state index contributed by atoms with van der Waals surface area (Å²) in [5, 5.41) is 9.12. The summed E-state index contributed by atoms with van der Waals surface area (Å²) in [5.74, 6) is 0.854. The minimum atomic E-state index is -0.137. The molecule has 1 heterocycles. The molecule has 12 heavy (non-hydrogen) atoms. The molecule has 0 saturated carbocycles. The fourth-order valence-electron chi connectivity index (χ4n) is 1.86. The second kappa shape index (κ2) is 4.83. The van der Waals surface area contributed by atoms with Gasteiger partial charge < -0.3 is 10.0 Å². The molecule has 0 radical (unpaired) electrons. The van der Waals surface area contributed by atoms with Crippen LogP contribution in [0.4, 0.5) is 0 Å². The average Bonchev–Trinajstić information content (AvgIpc) is 2.01. The monoisotopic (exact) mass is 171 g/mol. The molecule has 0 aromatic heterocycles. The number of hydrogen-bond donors (Lipinski definition) is 1. The number of hydrogen-bond acceptors (Lipinski definition) is 2. The van der Waals surface area contributed by atoms with Gasteiger partial charge in [0.2, 0.25) is 0 Å². The zero-order chi connectivity index (χ0) is 8.97. The summed E-state index contributed by atoms with van der Waals surface area (Å²) in [4.78, 5) is 2.47. The molecule has 2 heteroatoms. The molecule has 1 rings (SSSR count). The van der Waals surface area contributed by atoms with Crippen LogP contribution >= 0.6 is 0 Å². The third-order valence-corrected chi connectivity index (χ3v) is 2.60. The standard InChI is InChI=1S/C10H21NO/c1-9-4-3-6-11(8-9)7-5-10(2)12/h9-10,12H,3-8H2,1-2H3. The molecule has 2 nitrogen and oxygen atoms in total. The Balaban J connectivity index is 2.14. The summed E-state index contributed by atoms with van der Waals surface area (Å²) in [6, 6.07) is 0. The Labute approximate surface area is 75.6 Å². The summed E-state index contributed by atoms with van der Waals surface area (Å²) in [6.07, 6.45) is 3.50. The lowest BCUT2D eigenvalue weighted by Crippen LogP contribution is -2.35. The summed E-state index contributed by atoms with van der Waals surface area (Å²) in [5.41, 5.74) is 0. The van der Waals surface area contributed by atoms with Crippen LogP contribution in [0.15, 0.2) is 0 Å². The van der Waals surface area contributed by atoms with E-state index in [4.69, 9.17) is 5.11 Å². The van der Waals surface area contributed by atoms with Crippen molar-refractivity contribution in [3.05, 3.63) is 0 Å². The van der Waals surface area contributed by atoms with Crippen molar-refractivity contribution in [1.29, 1.82) is 0 Å². The van der Waals surface area contributed by atoms with E-state index in [-0.39, 0.29) is 6.10 Å². The first-order valence-corrected chi connectivity index (χ1v) is 5.09. The Kier molecular flexibility index (Phi) is 4.02. The van der Waals surface area contributed by atoms with Gasteiger partial charge in [0.25, 0.3) is 0 Å². The molecule has 2 atom stereocenters. The van der Waals surface area contributed by atoms with Crippen LogP contribution in [0.3, 0.4) is 0 Å². The Morgan fingerprint density at radius 2 is 2.33 bits per heavy atom. The number of piperidine rings is 1. The van der Waals surface area contributed by atoms with E-state index in [2.05, 4.69) is 11.8 Å². The smallest absolute Gasteiger partial charge is 0.0524 e. The van der Waals surface area contributed by atoms with Crippen molar-refractivity contribution in [3.8, 4) is 0 Å². The molecule has 0 aromatic rings. The summed E-state index contributed by atoms with van der Waals surface area (Å²) < 4.78 is 0. The zero-order valence-corrected chi connectivity index (χ0v) is 8.29. The highest BCUT2D eigenvalue weighted by Gasteiger charge is 2.15. The second-order valence-electron chi connectivity index (χ2n) is 4.19. The van der Waals surface area contributed by atoms with Crippen molar-refractivity contribution in [3.63, 3.8) is 0 Å². The number of aliphatic hydroxyl groups is 1. The van der Waals surface area contributed by atoms with Gasteiger partial charge in [-0.25, -0.2) is 0 Å². The van der Waals surface area contributed by atoms with Crippen LogP contribution in [0.2, 0.25) is 0 Å². The van der Waals surface area contributed by atoms with Gasteiger partial charge in [0.05, 0.1) is 6.10 Å². The van der Waals surface area contributed by atoms with Gasteiger partial charge in [0.1, 0.15) is 0 Å². The average molecular weight is 171 g/mol. The largest absolute Gasteiger partial charge is 0.393 e. The lowest BCUT2D eigenvalue weighted by molar-refractivity contribution is 0.132. The molecule has 72 valence electrons. The van der Waals surface area contributed by atoms with Crippen molar-refractivity contribution in [2.45, 2.75) is 39.2 Å². The Morgan fingerprint density at radius 1 is 1.58 bits per heavy atom. The summed E-state index contributed by atoms with van der Waals surface area (Å²) in [7, 11) is 0. The van der Waals surface area contributed by atoms with Crippen molar-refractivity contribution in [2.24, 2.45) is 5.92 Å². The molecule has 0 spiro atoms. The fraction of sp³-hybridized carbons (Fsp3) is 1.00. The topological polar surface area (TPSA) is 23.5 Å². The molecule has 1 saturated heterocycles. The van der Waals surface area contributed by atoms with Crippen LogP contribution in [-0.4, -0.2) is 35.7 Å². The minimum Gasteiger partial charge on any atom is -0.393 e. The zero-order valence-electron chi connectivity index (χ0n) is 8.29. The van der Waals surface area contributed by atoms with Crippen molar-refractivity contribution < 1.29 is 5.11 Å². The molecule has 1 aliphatic heterocycles. The number of nitrogens with zero attached hydrogens (tertiary/aromatic N) is 1. The van der Waals surface area contributed by atoms with Crippen LogP contribution in [0, 0.1) is 5.92 Å². The van der Waals surface area contributed by atoms with Crippen molar-refractivity contribution in [2.75, 3.05) is 19.6 Å². The number of rotatable bonds is 3. The van der Waals surface area contributed by atoms with Crippen molar-refractivity contribution in [1.82, 2.24) is 4.90 Å². The van der Waals surface area contributed by atoms with Crippen LogP contribution in [0.5, 0.6) is 0 Å². The molecule has 0 aromatic carbocycles. The highest BCUT2D eigenvalue weighted by Crippen LogP contribution is 2.15. The maximum Gasteiger partial charge on any atom is 0.0524 e. The van der Waals surface area contributed by atoms with E-state index >= 15 is 0 Å². The number of aliphatic hydroxyl groups excluding tert-OH is 1. The van der Waals surface area contributed by atoms with E-state index in [0.717, 1.165) is 18.9 Å². The molecule has 1 aliphatic rings. The van der Waals surface area contributed by atoms with Crippen LogP contribution in [-0.2, 0) is 0 Å². The van der Waals surface area contributed by atoms with Gasteiger partial charge in [0, 0.05) is 13.1 Å². The maximum absolute atomic E-state index is 9.12. The van der Waals surface area contributed by atoms with E-state index in [0.29, 0.717) is 0 Å². The molecular weight excluding hydrogens is 150 g/mol. The molecule has 2 unspecified atom stereocenters. The lowest BCUT2D eigenvalue weighted by Gasteiger charge is -2.31. The minimum absolute atomic E-state index is 0.137. The summed E-state index contributed by atoms with van der Waals surface area (Å²) >= 11 is 0. The van der Waals surface area contributed by atoms with Gasteiger partial charge in [-0.1, -0.05) is 6.92 Å². The SMILES string of the molecule is CC(O)CCN1CCCC(C)C1. The van der Waals surface area contributed by atoms with E-state index in [1.165, 1.54) is 25.9 Å². The first-order chi connectivity index (χ1) is 5.68. The lowest BCUT2D eigenvalue weighted by atomic mass is 10.00. The third kappa shape index (κ3) is 3.55. The number of likely N-dealkylation sites (tertiary alicyclic amines) is 1. The molecule has 0 amide bonds. The Morgan fingerprint density at radius 3 is 2.92 bits per heavy atom. The predicted octanol–water partition coefficient (Wildman–Crippen LogP) is 1.49. The first-order valence-electron chi connectivity index (χ1n) is 5.09. The van der Waals surface area contributed by atoms with E-state index in [1.807, 2.05) is 6.92 Å². The maximum atomic E-state index is 9.12. The quantitative estimate of drug-likeness (QED) is 0.695. The van der Waals surface area contributed by atoms with E-state index in [1.54, 1.807) is 0 Å². The highest BCUT2D eigenvalue weighted by molar-refractivity contribution is 4.70. The second-order valence-corrected chi connectivity index (χ2v) is 4.19.